The lowest BCUT2D eigenvalue weighted by Gasteiger charge is -2.34. The van der Waals surface area contributed by atoms with Gasteiger partial charge >= 0.3 is 0 Å². The first kappa shape index (κ1) is 21.2. The maximum absolute atomic E-state index is 12.7. The Hall–Kier alpha value is -2.07. The van der Waals surface area contributed by atoms with E-state index in [0.717, 1.165) is 61.0 Å². The first-order valence-corrected chi connectivity index (χ1v) is 11.8. The van der Waals surface area contributed by atoms with E-state index in [1.165, 1.54) is 21.0 Å². The zero-order chi connectivity index (χ0) is 21.3. The van der Waals surface area contributed by atoms with Crippen LogP contribution in [0.15, 0.2) is 18.2 Å². The number of quaternary nitrogens is 1. The number of halogens is 1. The molecule has 2 N–H and O–H groups in total. The van der Waals surface area contributed by atoms with E-state index in [9.17, 15) is 10.1 Å². The monoisotopic (exact) mass is 443 g/mol. The van der Waals surface area contributed by atoms with Gasteiger partial charge in [0.15, 0.2) is 6.54 Å². The molecule has 2 aliphatic rings. The minimum Gasteiger partial charge on any atom is -0.360 e. The Balaban J connectivity index is 1.35. The summed E-state index contributed by atoms with van der Waals surface area (Å²) < 4.78 is 0. The molecule has 2 heterocycles. The van der Waals surface area contributed by atoms with Crippen LogP contribution in [-0.2, 0) is 17.6 Å². The van der Waals surface area contributed by atoms with Crippen molar-refractivity contribution >= 4 is 39.5 Å². The molecule has 1 aromatic heterocycles. The summed E-state index contributed by atoms with van der Waals surface area (Å²) in [6, 6.07) is 8.33. The average molecular weight is 444 g/mol. The molecule has 1 saturated heterocycles. The number of hydrogen-bond donors (Lipinski definition) is 2. The summed E-state index contributed by atoms with van der Waals surface area (Å²) in [6.45, 7) is 8.41. The van der Waals surface area contributed by atoms with Crippen molar-refractivity contribution < 1.29 is 9.69 Å². The summed E-state index contributed by atoms with van der Waals surface area (Å²) in [5.41, 5.74) is 4.25. The number of rotatable bonds is 4. The molecule has 2 aromatic rings. The average Bonchev–Trinajstić information content (AvgIpc) is 3.06. The van der Waals surface area contributed by atoms with Crippen LogP contribution >= 0.6 is 22.9 Å². The fourth-order valence-corrected chi connectivity index (χ4v) is 6.06. The molecule has 5 nitrogen and oxygen atoms in total. The molecule has 7 heteroatoms. The van der Waals surface area contributed by atoms with Crippen molar-refractivity contribution in [3.8, 4) is 6.07 Å². The van der Waals surface area contributed by atoms with Gasteiger partial charge in [-0.05, 0) is 55.4 Å². The molecule has 0 radical (unpaired) electrons. The van der Waals surface area contributed by atoms with E-state index in [-0.39, 0.29) is 5.91 Å². The van der Waals surface area contributed by atoms with E-state index in [1.807, 2.05) is 12.1 Å². The molecule has 1 aliphatic heterocycles. The summed E-state index contributed by atoms with van der Waals surface area (Å²) >= 11 is 7.77. The van der Waals surface area contributed by atoms with E-state index >= 15 is 0 Å². The zero-order valence-corrected chi connectivity index (χ0v) is 19.1. The largest absolute Gasteiger partial charge is 0.360 e. The maximum Gasteiger partial charge on any atom is 0.280 e. The quantitative estimate of drug-likeness (QED) is 0.763. The van der Waals surface area contributed by atoms with Gasteiger partial charge in [-0.3, -0.25) is 4.79 Å². The molecule has 0 saturated carbocycles. The SMILES string of the molecule is Cc1ccc(Cl)cc1N1CC[NH+](CC(=O)Nc2sc3c(c2C#N)CC[C@H](C)C3)CC1. The minimum atomic E-state index is 0.000492. The van der Waals surface area contributed by atoms with Crippen LogP contribution in [0.1, 0.15) is 34.9 Å². The van der Waals surface area contributed by atoms with Gasteiger partial charge in [0, 0.05) is 15.6 Å². The molecule has 0 bridgehead atoms. The fraction of sp³-hybridized carbons (Fsp3) is 0.478. The van der Waals surface area contributed by atoms with Gasteiger partial charge in [0.05, 0.1) is 31.7 Å². The predicted octanol–water partition coefficient (Wildman–Crippen LogP) is 3.05. The first-order chi connectivity index (χ1) is 14.4. The van der Waals surface area contributed by atoms with Gasteiger partial charge in [0.2, 0.25) is 0 Å². The smallest absolute Gasteiger partial charge is 0.280 e. The lowest BCUT2D eigenvalue weighted by Crippen LogP contribution is -3.15. The minimum absolute atomic E-state index is 0.000492. The van der Waals surface area contributed by atoms with Gasteiger partial charge in [-0.2, -0.15) is 5.26 Å². The Morgan fingerprint density at radius 1 is 1.40 bits per heavy atom. The molecule has 1 atom stereocenters. The van der Waals surface area contributed by atoms with Crippen LogP contribution in [0, 0.1) is 24.2 Å². The van der Waals surface area contributed by atoms with Gasteiger partial charge in [-0.15, -0.1) is 11.3 Å². The Bertz CT molecular complexity index is 988. The number of carbonyl (C=O) groups excluding carboxylic acids is 1. The number of amides is 1. The molecule has 0 spiro atoms. The molecule has 158 valence electrons. The number of thiophene rings is 1. The molecule has 1 aliphatic carbocycles. The molecular weight excluding hydrogens is 416 g/mol. The van der Waals surface area contributed by atoms with Crippen LogP contribution in [-0.4, -0.2) is 38.6 Å². The van der Waals surface area contributed by atoms with Gasteiger partial charge < -0.3 is 15.1 Å². The van der Waals surface area contributed by atoms with E-state index < -0.39 is 0 Å². The van der Waals surface area contributed by atoms with Crippen molar-refractivity contribution in [1.82, 2.24) is 0 Å². The molecule has 0 unspecified atom stereocenters. The highest BCUT2D eigenvalue weighted by Gasteiger charge is 2.27. The van der Waals surface area contributed by atoms with Crippen molar-refractivity contribution in [3.05, 3.63) is 44.8 Å². The molecule has 30 heavy (non-hydrogen) atoms. The Morgan fingerprint density at radius 2 is 2.17 bits per heavy atom. The molecule has 1 aromatic carbocycles. The standard InChI is InChI=1S/C23H27ClN4OS/c1-15-3-6-18-19(13-25)23(30-21(18)11-15)26-22(29)14-27-7-9-28(10-8-27)20-12-17(24)5-4-16(20)2/h4-5,12,15H,3,6-11,14H2,1-2H3,(H,26,29)/p+1/t15-/m0/s1. The van der Waals surface area contributed by atoms with Crippen molar-refractivity contribution in [1.29, 1.82) is 5.26 Å². The van der Waals surface area contributed by atoms with Crippen LogP contribution in [0.3, 0.4) is 0 Å². The van der Waals surface area contributed by atoms with Crippen LogP contribution < -0.4 is 15.1 Å². The highest BCUT2D eigenvalue weighted by molar-refractivity contribution is 7.16. The van der Waals surface area contributed by atoms with E-state index in [2.05, 4.69) is 36.2 Å². The molecule has 4 rings (SSSR count). The summed E-state index contributed by atoms with van der Waals surface area (Å²) in [5, 5.41) is 14.2. The first-order valence-electron chi connectivity index (χ1n) is 10.6. The van der Waals surface area contributed by atoms with Gasteiger partial charge in [0.25, 0.3) is 5.91 Å². The van der Waals surface area contributed by atoms with Crippen LogP contribution in [0.2, 0.25) is 5.02 Å². The number of fused-ring (bicyclic) bond motifs is 1. The lowest BCUT2D eigenvalue weighted by molar-refractivity contribution is -0.892. The predicted molar refractivity (Wildman–Crippen MR) is 123 cm³/mol. The van der Waals surface area contributed by atoms with Gasteiger partial charge in [-0.25, -0.2) is 0 Å². The molecule has 1 amide bonds. The summed E-state index contributed by atoms with van der Waals surface area (Å²) in [4.78, 5) is 17.6. The third-order valence-electron chi connectivity index (χ3n) is 6.27. The Morgan fingerprint density at radius 3 is 2.90 bits per heavy atom. The number of anilines is 2. The second-order valence-electron chi connectivity index (χ2n) is 8.56. The van der Waals surface area contributed by atoms with Crippen molar-refractivity contribution in [3.63, 3.8) is 0 Å². The number of nitriles is 1. The third kappa shape index (κ3) is 4.49. The van der Waals surface area contributed by atoms with Crippen LogP contribution in [0.5, 0.6) is 0 Å². The van der Waals surface area contributed by atoms with Crippen LogP contribution in [0.4, 0.5) is 10.7 Å². The number of nitrogens with one attached hydrogen (secondary N) is 2. The fourth-order valence-electron chi connectivity index (χ4n) is 4.52. The summed E-state index contributed by atoms with van der Waals surface area (Å²) in [7, 11) is 0. The molecule has 1 fully saturated rings. The van der Waals surface area contributed by atoms with Gasteiger partial charge in [0.1, 0.15) is 11.1 Å². The summed E-state index contributed by atoms with van der Waals surface area (Å²) in [5.74, 6) is 0.649. The van der Waals surface area contributed by atoms with Gasteiger partial charge in [-0.1, -0.05) is 24.6 Å². The van der Waals surface area contributed by atoms with E-state index in [0.29, 0.717) is 18.0 Å². The highest BCUT2D eigenvalue weighted by atomic mass is 35.5. The number of aryl methyl sites for hydroxylation is 1. The number of nitrogens with zero attached hydrogens (tertiary/aromatic N) is 2. The second-order valence-corrected chi connectivity index (χ2v) is 10.1. The zero-order valence-electron chi connectivity index (χ0n) is 17.6. The Kier molecular flexibility index (Phi) is 6.33. The van der Waals surface area contributed by atoms with Crippen LogP contribution in [0.25, 0.3) is 0 Å². The Labute approximate surface area is 187 Å². The van der Waals surface area contributed by atoms with E-state index in [1.54, 1.807) is 11.3 Å². The number of piperazine rings is 1. The molecular formula is C23H28ClN4OS+. The number of hydrogen-bond acceptors (Lipinski definition) is 4. The van der Waals surface area contributed by atoms with Crippen molar-refractivity contribution in [2.24, 2.45) is 5.92 Å². The number of benzene rings is 1. The van der Waals surface area contributed by atoms with Crippen molar-refractivity contribution in [2.45, 2.75) is 33.1 Å². The lowest BCUT2D eigenvalue weighted by atomic mass is 9.89. The van der Waals surface area contributed by atoms with Crippen molar-refractivity contribution in [2.75, 3.05) is 42.9 Å². The van der Waals surface area contributed by atoms with E-state index in [4.69, 9.17) is 11.6 Å². The third-order valence-corrected chi connectivity index (χ3v) is 7.67. The maximum atomic E-state index is 12.7. The summed E-state index contributed by atoms with van der Waals surface area (Å²) in [6.07, 6.45) is 3.08. The highest BCUT2D eigenvalue weighted by Crippen LogP contribution is 2.39. The number of carbonyl (C=O) groups is 1. The normalized spacial score (nSPS) is 19.3. The second kappa shape index (κ2) is 8.97. The topological polar surface area (TPSA) is 60.6 Å².